The molecular weight excluding hydrogens is 489 g/mol. The fraction of sp³-hybridized carbons (Fsp3) is 0.148. The summed E-state index contributed by atoms with van der Waals surface area (Å²) in [5.41, 5.74) is 2.71. The second-order valence-corrected chi connectivity index (χ2v) is 9.78. The Morgan fingerprint density at radius 1 is 1.00 bits per heavy atom. The van der Waals surface area contributed by atoms with Crippen LogP contribution in [0.25, 0.3) is 10.8 Å². The summed E-state index contributed by atoms with van der Waals surface area (Å²) >= 11 is 14.3. The van der Waals surface area contributed by atoms with E-state index >= 15 is 0 Å². The van der Waals surface area contributed by atoms with Crippen LogP contribution in [0.3, 0.4) is 0 Å². The van der Waals surface area contributed by atoms with Crippen LogP contribution in [0.5, 0.6) is 11.5 Å². The zero-order chi connectivity index (χ0) is 23.7. The average Bonchev–Trinajstić information content (AvgIpc) is 3.24. The number of fused-ring (bicyclic) bond motifs is 1. The van der Waals surface area contributed by atoms with Crippen LogP contribution in [0.15, 0.2) is 78.9 Å². The first-order chi connectivity index (χ1) is 16.5. The van der Waals surface area contributed by atoms with Crippen molar-refractivity contribution in [1.29, 1.82) is 0 Å². The maximum Gasteiger partial charge on any atom is 0.238 e. The van der Waals surface area contributed by atoms with Crippen molar-refractivity contribution in [1.82, 2.24) is 0 Å². The molecule has 0 aliphatic carbocycles. The molecule has 1 heterocycles. The van der Waals surface area contributed by atoms with Gasteiger partial charge in [-0.1, -0.05) is 65.7 Å². The molecule has 0 unspecified atom stereocenters. The number of benzene rings is 4. The van der Waals surface area contributed by atoms with Crippen molar-refractivity contribution in [2.24, 2.45) is 0 Å². The third-order valence-electron chi connectivity index (χ3n) is 5.76. The molecule has 0 radical (unpaired) electrons. The van der Waals surface area contributed by atoms with Crippen LogP contribution in [0, 0.1) is 0 Å². The van der Waals surface area contributed by atoms with E-state index in [1.54, 1.807) is 35.9 Å². The molecule has 0 aromatic heterocycles. The fourth-order valence-corrected chi connectivity index (χ4v) is 5.70. The van der Waals surface area contributed by atoms with Gasteiger partial charge in [0.25, 0.3) is 0 Å². The van der Waals surface area contributed by atoms with Crippen molar-refractivity contribution >= 4 is 57.3 Å². The molecule has 0 spiro atoms. The van der Waals surface area contributed by atoms with Crippen molar-refractivity contribution in [2.45, 2.75) is 12.0 Å². The molecule has 34 heavy (non-hydrogen) atoms. The highest BCUT2D eigenvalue weighted by molar-refractivity contribution is 8.00. The number of hydrogen-bond donors (Lipinski definition) is 0. The van der Waals surface area contributed by atoms with Gasteiger partial charge in [-0.15, -0.1) is 11.8 Å². The van der Waals surface area contributed by atoms with Crippen LogP contribution in [0.1, 0.15) is 16.5 Å². The normalized spacial score (nSPS) is 15.7. The van der Waals surface area contributed by atoms with Gasteiger partial charge in [-0.05, 0) is 58.3 Å². The summed E-state index contributed by atoms with van der Waals surface area (Å²) in [6.07, 6.45) is 0. The molecule has 1 aliphatic rings. The number of rotatable bonds is 6. The minimum absolute atomic E-state index is 0.0312. The summed E-state index contributed by atoms with van der Waals surface area (Å²) in [5.74, 6) is 1.42. The number of carbonyl (C=O) groups is 1. The Bertz CT molecular complexity index is 1350. The minimum atomic E-state index is -0.229. The summed E-state index contributed by atoms with van der Waals surface area (Å²) in [6.45, 7) is 0.352. The number of carbonyl (C=O) groups excluding carboxylic acids is 1. The number of thioether (sulfide) groups is 1. The third-order valence-corrected chi connectivity index (χ3v) is 7.51. The molecule has 0 N–H and O–H groups in total. The van der Waals surface area contributed by atoms with E-state index in [0.717, 1.165) is 27.6 Å². The lowest BCUT2D eigenvalue weighted by molar-refractivity contribution is -0.115. The number of amides is 1. The van der Waals surface area contributed by atoms with Gasteiger partial charge < -0.3 is 9.47 Å². The molecule has 1 aliphatic heterocycles. The second-order valence-electron chi connectivity index (χ2n) is 7.86. The van der Waals surface area contributed by atoms with E-state index in [0.29, 0.717) is 33.9 Å². The Kier molecular flexibility index (Phi) is 6.59. The van der Waals surface area contributed by atoms with Crippen molar-refractivity contribution in [3.05, 3.63) is 100 Å². The molecule has 172 valence electrons. The first kappa shape index (κ1) is 22.9. The number of nitrogens with zero attached hydrogens (tertiary/aromatic N) is 1. The van der Waals surface area contributed by atoms with E-state index < -0.39 is 0 Å². The Labute approximate surface area is 212 Å². The summed E-state index contributed by atoms with van der Waals surface area (Å²) in [7, 11) is 1.59. The van der Waals surface area contributed by atoms with E-state index in [2.05, 4.69) is 18.2 Å². The molecule has 1 amide bonds. The molecule has 0 bridgehead atoms. The van der Waals surface area contributed by atoms with E-state index in [4.69, 9.17) is 32.7 Å². The molecule has 0 saturated carbocycles. The van der Waals surface area contributed by atoms with Crippen LogP contribution >= 0.6 is 35.0 Å². The van der Waals surface area contributed by atoms with Crippen LogP contribution < -0.4 is 14.4 Å². The molecule has 7 heteroatoms. The standard InChI is InChI=1S/C27H21Cl2NO3S/c1-32-24-14-19(27-30(25(31)16-34-27)21-11-9-20(28)10-12-21)13-23(29)26(24)33-15-18-7-4-6-17-5-2-3-8-22(17)18/h2-14,27H,15-16H2,1H3/t27-/m1/s1. The van der Waals surface area contributed by atoms with Gasteiger partial charge >= 0.3 is 0 Å². The minimum Gasteiger partial charge on any atom is -0.493 e. The number of anilines is 1. The van der Waals surface area contributed by atoms with Crippen LogP contribution in [0.4, 0.5) is 5.69 Å². The van der Waals surface area contributed by atoms with Gasteiger partial charge in [-0.25, -0.2) is 0 Å². The lowest BCUT2D eigenvalue weighted by atomic mass is 10.1. The second kappa shape index (κ2) is 9.79. The van der Waals surface area contributed by atoms with Gasteiger partial charge in [0, 0.05) is 10.7 Å². The number of hydrogen-bond acceptors (Lipinski definition) is 4. The predicted octanol–water partition coefficient (Wildman–Crippen LogP) is 7.51. The maximum absolute atomic E-state index is 12.7. The SMILES string of the molecule is COc1cc([C@H]2SCC(=O)N2c2ccc(Cl)cc2)cc(Cl)c1OCc1cccc2ccccc12. The maximum atomic E-state index is 12.7. The molecule has 4 aromatic rings. The molecular formula is C27H21Cl2NO3S. The summed E-state index contributed by atoms with van der Waals surface area (Å²) in [6, 6.07) is 25.3. The van der Waals surface area contributed by atoms with Gasteiger partial charge in [0.05, 0.1) is 17.9 Å². The van der Waals surface area contributed by atoms with E-state index in [9.17, 15) is 4.79 Å². The number of halogens is 2. The van der Waals surface area contributed by atoms with Gasteiger partial charge in [-0.2, -0.15) is 0 Å². The quantitative estimate of drug-likeness (QED) is 0.269. The van der Waals surface area contributed by atoms with Crippen LogP contribution in [-0.2, 0) is 11.4 Å². The van der Waals surface area contributed by atoms with Crippen molar-refractivity contribution in [2.75, 3.05) is 17.8 Å². The number of ether oxygens (including phenoxy) is 2. The molecule has 5 rings (SSSR count). The Balaban J connectivity index is 1.44. The first-order valence-corrected chi connectivity index (χ1v) is 12.5. The molecule has 1 atom stereocenters. The van der Waals surface area contributed by atoms with E-state index in [1.807, 2.05) is 48.5 Å². The van der Waals surface area contributed by atoms with Gasteiger partial charge in [-0.3, -0.25) is 9.69 Å². The van der Waals surface area contributed by atoms with Gasteiger partial charge in [0.2, 0.25) is 5.91 Å². The highest BCUT2D eigenvalue weighted by Crippen LogP contribution is 2.46. The smallest absolute Gasteiger partial charge is 0.238 e. The average molecular weight is 510 g/mol. The lowest BCUT2D eigenvalue weighted by Crippen LogP contribution is -2.27. The predicted molar refractivity (Wildman–Crippen MR) is 140 cm³/mol. The molecule has 4 nitrogen and oxygen atoms in total. The Morgan fingerprint density at radius 3 is 2.56 bits per heavy atom. The summed E-state index contributed by atoms with van der Waals surface area (Å²) in [4.78, 5) is 14.5. The van der Waals surface area contributed by atoms with Crippen LogP contribution in [0.2, 0.25) is 10.0 Å². The molecule has 1 fully saturated rings. The summed E-state index contributed by atoms with van der Waals surface area (Å²) in [5, 5.41) is 3.12. The van der Waals surface area contributed by atoms with Crippen molar-refractivity contribution in [3.63, 3.8) is 0 Å². The Morgan fingerprint density at radius 2 is 1.76 bits per heavy atom. The molecule has 1 saturated heterocycles. The fourth-order valence-electron chi connectivity index (χ4n) is 4.14. The topological polar surface area (TPSA) is 38.8 Å². The van der Waals surface area contributed by atoms with Gasteiger partial charge in [0.1, 0.15) is 12.0 Å². The van der Waals surface area contributed by atoms with E-state index in [1.165, 1.54) is 0 Å². The first-order valence-electron chi connectivity index (χ1n) is 10.7. The monoisotopic (exact) mass is 509 g/mol. The van der Waals surface area contributed by atoms with E-state index in [-0.39, 0.29) is 11.3 Å². The highest BCUT2D eigenvalue weighted by Gasteiger charge is 2.35. The summed E-state index contributed by atoms with van der Waals surface area (Å²) < 4.78 is 11.8. The molecule has 4 aromatic carbocycles. The lowest BCUT2D eigenvalue weighted by Gasteiger charge is -2.25. The van der Waals surface area contributed by atoms with Crippen molar-refractivity contribution in [3.8, 4) is 11.5 Å². The Hall–Kier alpha value is -2.86. The largest absolute Gasteiger partial charge is 0.493 e. The number of methoxy groups -OCH3 is 1. The highest BCUT2D eigenvalue weighted by atomic mass is 35.5. The van der Waals surface area contributed by atoms with Crippen molar-refractivity contribution < 1.29 is 14.3 Å². The zero-order valence-corrected chi connectivity index (χ0v) is 20.7. The zero-order valence-electron chi connectivity index (χ0n) is 18.3. The van der Waals surface area contributed by atoms with Gasteiger partial charge in [0.15, 0.2) is 11.5 Å². The third kappa shape index (κ3) is 4.43. The van der Waals surface area contributed by atoms with Crippen LogP contribution in [-0.4, -0.2) is 18.8 Å².